The lowest BCUT2D eigenvalue weighted by atomic mass is 9.88. The van der Waals surface area contributed by atoms with Crippen LogP contribution >= 0.6 is 22.6 Å². The van der Waals surface area contributed by atoms with Gasteiger partial charge in [0.05, 0.1) is 18.2 Å². The van der Waals surface area contributed by atoms with Gasteiger partial charge in [0, 0.05) is 21.5 Å². The van der Waals surface area contributed by atoms with E-state index in [-0.39, 0.29) is 30.4 Å². The van der Waals surface area contributed by atoms with E-state index in [0.29, 0.717) is 27.1 Å². The number of fused-ring (bicyclic) bond motifs is 2. The fourth-order valence-corrected chi connectivity index (χ4v) is 5.40. The molecule has 0 saturated carbocycles. The lowest BCUT2D eigenvalue weighted by Gasteiger charge is -2.22. The van der Waals surface area contributed by atoms with Gasteiger partial charge < -0.3 is 18.9 Å². The van der Waals surface area contributed by atoms with Crippen LogP contribution in [0.25, 0.3) is 0 Å². The second kappa shape index (κ2) is 11.7. The molecule has 0 bridgehead atoms. The van der Waals surface area contributed by atoms with Crippen LogP contribution in [0.1, 0.15) is 48.9 Å². The highest BCUT2D eigenvalue weighted by molar-refractivity contribution is 14.1. The van der Waals surface area contributed by atoms with Crippen molar-refractivity contribution in [3.63, 3.8) is 0 Å². The predicted octanol–water partition coefficient (Wildman–Crippen LogP) is 6.73. The minimum absolute atomic E-state index is 0.121. The van der Waals surface area contributed by atoms with Gasteiger partial charge in [-0.15, -0.1) is 0 Å². The largest absolute Gasteiger partial charge is 0.496 e. The van der Waals surface area contributed by atoms with E-state index < -0.39 is 11.9 Å². The Labute approximate surface area is 234 Å². The number of esters is 2. The zero-order valence-corrected chi connectivity index (χ0v) is 22.8. The summed E-state index contributed by atoms with van der Waals surface area (Å²) in [4.78, 5) is 26.4. The van der Waals surface area contributed by atoms with Crippen molar-refractivity contribution in [2.75, 3.05) is 11.5 Å². The molecule has 192 valence electrons. The molecule has 5 rings (SSSR count). The summed E-state index contributed by atoms with van der Waals surface area (Å²) in [6, 6.07) is 27.7. The van der Waals surface area contributed by atoms with Crippen molar-refractivity contribution in [1.82, 2.24) is 0 Å². The molecule has 4 aromatic rings. The van der Waals surface area contributed by atoms with Crippen LogP contribution in [0.5, 0.6) is 17.2 Å². The fraction of sp³-hybridized carbons (Fsp3) is 0.161. The summed E-state index contributed by atoms with van der Waals surface area (Å²) < 4.78 is 24.0. The zero-order chi connectivity index (χ0) is 26.5. The third kappa shape index (κ3) is 5.38. The van der Waals surface area contributed by atoms with Gasteiger partial charge >= 0.3 is 11.9 Å². The van der Waals surface area contributed by atoms with Gasteiger partial charge in [-0.05, 0) is 35.4 Å². The first-order chi connectivity index (χ1) is 18.6. The number of alkyl halides is 1. The number of hydrogen-bond acceptors (Lipinski definition) is 6. The Morgan fingerprint density at radius 3 is 2.18 bits per heavy atom. The van der Waals surface area contributed by atoms with Gasteiger partial charge in [0.2, 0.25) is 0 Å². The smallest absolute Gasteiger partial charge is 0.343 e. The van der Waals surface area contributed by atoms with E-state index in [9.17, 15) is 9.59 Å². The monoisotopic (exact) mass is 620 g/mol. The summed E-state index contributed by atoms with van der Waals surface area (Å²) >= 11 is 2.29. The van der Waals surface area contributed by atoms with Crippen LogP contribution in [0.2, 0.25) is 0 Å². The average Bonchev–Trinajstić information content (AvgIpc) is 3.09. The summed E-state index contributed by atoms with van der Waals surface area (Å²) in [6.45, 7) is 0.395. The van der Waals surface area contributed by atoms with Crippen LogP contribution in [0, 0.1) is 0 Å². The van der Waals surface area contributed by atoms with Crippen LogP contribution in [-0.2, 0) is 18.0 Å². The molecular formula is C31H25IO6. The lowest BCUT2D eigenvalue weighted by molar-refractivity contribution is 0.0470. The number of carbonyl (C=O) groups is 2. The van der Waals surface area contributed by atoms with Crippen molar-refractivity contribution >= 4 is 34.5 Å². The molecule has 1 atom stereocenters. The SMILES string of the molecule is COc1cccc2c1C(CI)c1c(OCc3ccccc3)cc(C(=O)OCc3ccccc3)cc1OC2=O. The highest BCUT2D eigenvalue weighted by Crippen LogP contribution is 2.47. The Bertz CT molecular complexity index is 1450. The van der Waals surface area contributed by atoms with Gasteiger partial charge in [-0.3, -0.25) is 0 Å². The second-order valence-corrected chi connectivity index (χ2v) is 9.62. The molecule has 1 aliphatic heterocycles. The molecule has 0 aromatic heterocycles. The summed E-state index contributed by atoms with van der Waals surface area (Å²) in [7, 11) is 1.58. The minimum atomic E-state index is -0.539. The molecule has 6 nitrogen and oxygen atoms in total. The summed E-state index contributed by atoms with van der Waals surface area (Å²) in [6.07, 6.45) is 0. The first-order valence-electron chi connectivity index (χ1n) is 12.1. The number of methoxy groups -OCH3 is 1. The molecular weight excluding hydrogens is 595 g/mol. The molecule has 7 heteroatoms. The van der Waals surface area contributed by atoms with E-state index in [1.165, 1.54) is 0 Å². The van der Waals surface area contributed by atoms with E-state index in [1.54, 1.807) is 31.4 Å². The fourth-order valence-electron chi connectivity index (χ4n) is 4.52. The molecule has 1 heterocycles. The molecule has 0 saturated heterocycles. The third-order valence-corrected chi connectivity index (χ3v) is 7.23. The Hall–Kier alpha value is -3.85. The quantitative estimate of drug-likeness (QED) is 0.0942. The maximum absolute atomic E-state index is 13.2. The average molecular weight is 620 g/mol. The molecule has 0 spiro atoms. The van der Waals surface area contributed by atoms with Gasteiger partial charge in [-0.25, -0.2) is 9.59 Å². The molecule has 0 aliphatic carbocycles. The van der Waals surface area contributed by atoms with Gasteiger partial charge in [0.25, 0.3) is 0 Å². The van der Waals surface area contributed by atoms with E-state index in [1.807, 2.05) is 66.7 Å². The molecule has 1 aliphatic rings. The second-order valence-electron chi connectivity index (χ2n) is 8.74. The van der Waals surface area contributed by atoms with E-state index in [0.717, 1.165) is 16.7 Å². The third-order valence-electron chi connectivity index (χ3n) is 6.35. The highest BCUT2D eigenvalue weighted by atomic mass is 127. The van der Waals surface area contributed by atoms with Crippen molar-refractivity contribution < 1.29 is 28.5 Å². The molecule has 38 heavy (non-hydrogen) atoms. The minimum Gasteiger partial charge on any atom is -0.496 e. The topological polar surface area (TPSA) is 71.1 Å². The Morgan fingerprint density at radius 1 is 0.842 bits per heavy atom. The van der Waals surface area contributed by atoms with Crippen molar-refractivity contribution in [3.8, 4) is 17.2 Å². The van der Waals surface area contributed by atoms with Crippen LogP contribution in [0.3, 0.4) is 0 Å². The van der Waals surface area contributed by atoms with Crippen molar-refractivity contribution in [2.24, 2.45) is 0 Å². The predicted molar refractivity (Wildman–Crippen MR) is 151 cm³/mol. The number of rotatable bonds is 8. The van der Waals surface area contributed by atoms with Crippen LogP contribution in [0.15, 0.2) is 91.0 Å². The zero-order valence-electron chi connectivity index (χ0n) is 20.7. The van der Waals surface area contributed by atoms with Crippen LogP contribution in [-0.4, -0.2) is 23.5 Å². The number of halogens is 1. The van der Waals surface area contributed by atoms with Gasteiger partial charge in [0.15, 0.2) is 0 Å². The number of hydrogen-bond donors (Lipinski definition) is 0. The normalized spacial score (nSPS) is 13.9. The molecule has 4 aromatic carbocycles. The molecule has 0 radical (unpaired) electrons. The first kappa shape index (κ1) is 25.8. The van der Waals surface area contributed by atoms with E-state index in [4.69, 9.17) is 18.9 Å². The number of ether oxygens (including phenoxy) is 4. The van der Waals surface area contributed by atoms with Crippen molar-refractivity contribution in [3.05, 3.63) is 124 Å². The molecule has 0 amide bonds. The Morgan fingerprint density at radius 2 is 1.53 bits per heavy atom. The summed E-state index contributed by atoms with van der Waals surface area (Å²) in [5, 5.41) is 0. The summed E-state index contributed by atoms with van der Waals surface area (Å²) in [5.74, 6) is -0.0185. The van der Waals surface area contributed by atoms with Crippen molar-refractivity contribution in [1.29, 1.82) is 0 Å². The Kier molecular flexibility index (Phi) is 7.93. The van der Waals surface area contributed by atoms with E-state index >= 15 is 0 Å². The first-order valence-corrected chi connectivity index (χ1v) is 13.6. The molecule has 1 unspecified atom stereocenters. The number of benzene rings is 4. The van der Waals surface area contributed by atoms with Gasteiger partial charge in [-0.1, -0.05) is 89.3 Å². The Balaban J connectivity index is 1.58. The van der Waals surface area contributed by atoms with Crippen LogP contribution in [0.4, 0.5) is 0 Å². The maximum atomic E-state index is 13.2. The van der Waals surface area contributed by atoms with Gasteiger partial charge in [-0.2, -0.15) is 0 Å². The lowest BCUT2D eigenvalue weighted by Crippen LogP contribution is -2.11. The highest BCUT2D eigenvalue weighted by Gasteiger charge is 2.35. The van der Waals surface area contributed by atoms with E-state index in [2.05, 4.69) is 22.6 Å². The maximum Gasteiger partial charge on any atom is 0.343 e. The standard InChI is InChI=1S/C31H25IO6/c1-35-25-14-8-13-23-28(25)24(17-32)29-26(36-18-20-9-4-2-5-10-20)15-22(16-27(29)38-31(23)34)30(33)37-19-21-11-6-3-7-12-21/h2-16,24H,17-19H2,1H3. The number of carbonyl (C=O) groups excluding carboxylic acids is 2. The summed E-state index contributed by atoms with van der Waals surface area (Å²) in [5.41, 5.74) is 3.91. The van der Waals surface area contributed by atoms with Crippen LogP contribution < -0.4 is 14.2 Å². The molecule has 0 N–H and O–H groups in total. The van der Waals surface area contributed by atoms with Gasteiger partial charge in [0.1, 0.15) is 30.5 Å². The van der Waals surface area contributed by atoms with Crippen molar-refractivity contribution in [2.45, 2.75) is 19.1 Å². The molecule has 0 fully saturated rings.